The first kappa shape index (κ1) is 13.3. The fourth-order valence-corrected chi connectivity index (χ4v) is 2.98. The molecule has 1 atom stereocenters. The third-order valence-corrected chi connectivity index (χ3v) is 3.93. The Morgan fingerprint density at radius 2 is 1.56 bits per heavy atom. The van der Waals surface area contributed by atoms with Gasteiger partial charge in [-0.3, -0.25) is 0 Å². The maximum Gasteiger partial charge on any atom is 0.106 e. The maximum absolute atomic E-state index is 10.6. The van der Waals surface area contributed by atoms with E-state index >= 15 is 0 Å². The van der Waals surface area contributed by atoms with Gasteiger partial charge in [-0.15, -0.1) is 0 Å². The van der Waals surface area contributed by atoms with Gasteiger partial charge in [-0.05, 0) is 49.1 Å². The molecular weight excluding hydrogens is 288 g/mol. The zero-order valence-electron chi connectivity index (χ0n) is 10.9. The van der Waals surface area contributed by atoms with Crippen LogP contribution in [-0.4, -0.2) is 5.11 Å². The summed E-state index contributed by atoms with van der Waals surface area (Å²) in [6.07, 6.45) is -0.582. The number of aliphatic hydroxyl groups excluding tert-OH is 1. The van der Waals surface area contributed by atoms with Crippen LogP contribution in [0, 0.1) is 20.8 Å². The van der Waals surface area contributed by atoms with Crippen LogP contribution < -0.4 is 0 Å². The number of aryl methyl sites for hydroxylation is 3. The number of hydrogen-bond acceptors (Lipinski definition) is 1. The van der Waals surface area contributed by atoms with Crippen LogP contribution in [0.25, 0.3) is 0 Å². The summed E-state index contributed by atoms with van der Waals surface area (Å²) in [5, 5.41) is 10.6. The van der Waals surface area contributed by atoms with Crippen LogP contribution in [0.4, 0.5) is 0 Å². The van der Waals surface area contributed by atoms with Crippen molar-refractivity contribution in [3.63, 3.8) is 0 Å². The SMILES string of the molecule is Cc1cc(C)c([C@H](O)c2ccccc2Br)c(C)c1. The lowest BCUT2D eigenvalue weighted by molar-refractivity contribution is 0.218. The number of aliphatic hydroxyl groups is 1. The summed E-state index contributed by atoms with van der Waals surface area (Å²) in [6.45, 7) is 6.18. The lowest BCUT2D eigenvalue weighted by atomic mass is 9.92. The molecule has 94 valence electrons. The Hall–Kier alpha value is -1.12. The van der Waals surface area contributed by atoms with Crippen molar-refractivity contribution in [1.82, 2.24) is 0 Å². The second-order valence-corrected chi connectivity index (χ2v) is 5.59. The molecule has 2 aromatic carbocycles. The van der Waals surface area contributed by atoms with Crippen LogP contribution in [0.3, 0.4) is 0 Å². The zero-order chi connectivity index (χ0) is 13.3. The molecule has 2 aromatic rings. The van der Waals surface area contributed by atoms with Gasteiger partial charge < -0.3 is 5.11 Å². The summed E-state index contributed by atoms with van der Waals surface area (Å²) in [5.74, 6) is 0. The standard InChI is InChI=1S/C16H17BrO/c1-10-8-11(2)15(12(3)9-10)16(18)13-6-4-5-7-14(13)17/h4-9,16,18H,1-3H3/t16-/m1/s1. The molecule has 0 aliphatic rings. The highest BCUT2D eigenvalue weighted by molar-refractivity contribution is 9.10. The Balaban J connectivity index is 2.53. The fraction of sp³-hybridized carbons (Fsp3) is 0.250. The summed E-state index contributed by atoms with van der Waals surface area (Å²) in [7, 11) is 0. The second kappa shape index (κ2) is 5.25. The van der Waals surface area contributed by atoms with Crippen molar-refractivity contribution in [1.29, 1.82) is 0 Å². The molecule has 0 aromatic heterocycles. The minimum Gasteiger partial charge on any atom is -0.384 e. The third-order valence-electron chi connectivity index (χ3n) is 3.21. The van der Waals surface area contributed by atoms with Gasteiger partial charge in [0.05, 0.1) is 0 Å². The molecular formula is C16H17BrO. The highest BCUT2D eigenvalue weighted by atomic mass is 79.9. The van der Waals surface area contributed by atoms with E-state index < -0.39 is 6.10 Å². The lowest BCUT2D eigenvalue weighted by Gasteiger charge is -2.19. The van der Waals surface area contributed by atoms with Crippen LogP contribution in [0.1, 0.15) is 33.9 Å². The van der Waals surface area contributed by atoms with Crippen molar-refractivity contribution in [3.8, 4) is 0 Å². The number of halogens is 1. The normalized spacial score (nSPS) is 12.5. The molecule has 1 nitrogen and oxygen atoms in total. The molecule has 0 spiro atoms. The Kier molecular flexibility index (Phi) is 3.88. The average molecular weight is 305 g/mol. The van der Waals surface area contributed by atoms with Crippen LogP contribution in [0.2, 0.25) is 0 Å². The first-order valence-corrected chi connectivity index (χ1v) is 6.80. The monoisotopic (exact) mass is 304 g/mol. The van der Waals surface area contributed by atoms with Crippen molar-refractivity contribution in [2.24, 2.45) is 0 Å². The van der Waals surface area contributed by atoms with Crippen molar-refractivity contribution in [3.05, 3.63) is 68.7 Å². The Bertz CT molecular complexity index is 552. The average Bonchev–Trinajstić information content (AvgIpc) is 2.27. The predicted octanol–water partition coefficient (Wildman–Crippen LogP) is 4.46. The lowest BCUT2D eigenvalue weighted by Crippen LogP contribution is -2.05. The van der Waals surface area contributed by atoms with Gasteiger partial charge in [0.25, 0.3) is 0 Å². The van der Waals surface area contributed by atoms with Crippen molar-refractivity contribution < 1.29 is 5.11 Å². The summed E-state index contributed by atoms with van der Waals surface area (Å²) in [5.41, 5.74) is 5.42. The van der Waals surface area contributed by atoms with E-state index in [1.807, 2.05) is 24.3 Å². The summed E-state index contributed by atoms with van der Waals surface area (Å²) < 4.78 is 0.942. The van der Waals surface area contributed by atoms with E-state index in [-0.39, 0.29) is 0 Å². The van der Waals surface area contributed by atoms with Crippen LogP contribution in [0.15, 0.2) is 40.9 Å². The molecule has 0 bridgehead atoms. The van der Waals surface area contributed by atoms with Crippen LogP contribution in [0.5, 0.6) is 0 Å². The van der Waals surface area contributed by atoms with Crippen molar-refractivity contribution >= 4 is 15.9 Å². The number of rotatable bonds is 2. The first-order chi connectivity index (χ1) is 8.50. The fourth-order valence-electron chi connectivity index (χ4n) is 2.47. The third kappa shape index (κ3) is 2.50. The Labute approximate surface area is 117 Å². The molecule has 0 aliphatic heterocycles. The molecule has 2 rings (SSSR count). The number of benzene rings is 2. The Morgan fingerprint density at radius 3 is 2.11 bits per heavy atom. The minimum atomic E-state index is -0.582. The molecule has 0 aliphatic carbocycles. The highest BCUT2D eigenvalue weighted by Gasteiger charge is 2.17. The van der Waals surface area contributed by atoms with Crippen molar-refractivity contribution in [2.75, 3.05) is 0 Å². The van der Waals surface area contributed by atoms with Gasteiger partial charge >= 0.3 is 0 Å². The molecule has 0 saturated carbocycles. The Morgan fingerprint density at radius 1 is 1.00 bits per heavy atom. The topological polar surface area (TPSA) is 20.2 Å². The molecule has 18 heavy (non-hydrogen) atoms. The summed E-state index contributed by atoms with van der Waals surface area (Å²) in [4.78, 5) is 0. The molecule has 0 amide bonds. The van der Waals surface area contributed by atoms with Crippen LogP contribution >= 0.6 is 15.9 Å². The van der Waals surface area contributed by atoms with Gasteiger partial charge in [0.15, 0.2) is 0 Å². The van der Waals surface area contributed by atoms with Gasteiger partial charge in [0, 0.05) is 4.47 Å². The van der Waals surface area contributed by atoms with Gasteiger partial charge in [-0.1, -0.05) is 51.8 Å². The summed E-state index contributed by atoms with van der Waals surface area (Å²) in [6, 6.07) is 12.0. The summed E-state index contributed by atoms with van der Waals surface area (Å²) >= 11 is 3.50. The van der Waals surface area contributed by atoms with E-state index in [9.17, 15) is 5.11 Å². The van der Waals surface area contributed by atoms with E-state index in [1.165, 1.54) is 5.56 Å². The molecule has 0 fully saturated rings. The molecule has 0 saturated heterocycles. The van der Waals surface area contributed by atoms with Gasteiger partial charge in [-0.25, -0.2) is 0 Å². The quantitative estimate of drug-likeness (QED) is 0.868. The maximum atomic E-state index is 10.6. The van der Waals surface area contributed by atoms with E-state index in [2.05, 4.69) is 48.8 Å². The molecule has 0 radical (unpaired) electrons. The minimum absolute atomic E-state index is 0.582. The van der Waals surface area contributed by atoms with E-state index in [4.69, 9.17) is 0 Å². The van der Waals surface area contributed by atoms with Crippen molar-refractivity contribution in [2.45, 2.75) is 26.9 Å². The zero-order valence-corrected chi connectivity index (χ0v) is 12.5. The molecule has 1 N–H and O–H groups in total. The van der Waals surface area contributed by atoms with Gasteiger partial charge in [-0.2, -0.15) is 0 Å². The number of hydrogen-bond donors (Lipinski definition) is 1. The van der Waals surface area contributed by atoms with E-state index in [0.29, 0.717) is 0 Å². The largest absolute Gasteiger partial charge is 0.384 e. The molecule has 2 heteroatoms. The van der Waals surface area contributed by atoms with E-state index in [0.717, 1.165) is 26.7 Å². The highest BCUT2D eigenvalue weighted by Crippen LogP contribution is 2.32. The van der Waals surface area contributed by atoms with Crippen LogP contribution in [-0.2, 0) is 0 Å². The second-order valence-electron chi connectivity index (χ2n) is 4.74. The van der Waals surface area contributed by atoms with E-state index in [1.54, 1.807) is 0 Å². The molecule has 0 unspecified atom stereocenters. The first-order valence-electron chi connectivity index (χ1n) is 6.01. The van der Waals surface area contributed by atoms with Gasteiger partial charge in [0.1, 0.15) is 6.10 Å². The molecule has 0 heterocycles. The predicted molar refractivity (Wildman–Crippen MR) is 78.9 cm³/mol. The smallest absolute Gasteiger partial charge is 0.106 e. The van der Waals surface area contributed by atoms with Gasteiger partial charge in [0.2, 0.25) is 0 Å².